The van der Waals surface area contributed by atoms with Crippen LogP contribution < -0.4 is 10.8 Å². The van der Waals surface area contributed by atoms with Gasteiger partial charge in [-0.15, -0.1) is 0 Å². The van der Waals surface area contributed by atoms with Gasteiger partial charge in [0.15, 0.2) is 5.78 Å². The van der Waals surface area contributed by atoms with Gasteiger partial charge in [-0.2, -0.15) is 0 Å². The summed E-state index contributed by atoms with van der Waals surface area (Å²) in [6.07, 6.45) is 3.32. The third-order valence-corrected chi connectivity index (χ3v) is 4.45. The Morgan fingerprint density at radius 3 is 2.58 bits per heavy atom. The number of anilines is 1. The molecular weight excluding hydrogens is 329 g/mol. The van der Waals surface area contributed by atoms with Gasteiger partial charge in [0.25, 0.3) is 5.91 Å². The van der Waals surface area contributed by atoms with Gasteiger partial charge >= 0.3 is 7.12 Å². The lowest BCUT2D eigenvalue weighted by atomic mass is 9.79. The summed E-state index contributed by atoms with van der Waals surface area (Å²) < 4.78 is 0. The minimum absolute atomic E-state index is 0.0591. The van der Waals surface area contributed by atoms with Crippen LogP contribution in [0.5, 0.6) is 0 Å². The summed E-state index contributed by atoms with van der Waals surface area (Å²) in [7, 11) is -1.64. The van der Waals surface area contributed by atoms with Crippen LogP contribution in [0.3, 0.4) is 0 Å². The standard InChI is InChI=1S/C20H14BNO4/c23-18-10-8-12-7-9-17(15-5-2-6-16(18)19(12)15)22-20(24)13-3-1-4-14(11-13)21(25)26/h1-11,25-26H,(H,22,24). The van der Waals surface area contributed by atoms with Gasteiger partial charge < -0.3 is 15.4 Å². The summed E-state index contributed by atoms with van der Waals surface area (Å²) in [6, 6.07) is 15.2. The molecular formula is C20H14BNO4. The molecule has 0 saturated carbocycles. The summed E-state index contributed by atoms with van der Waals surface area (Å²) in [5, 5.41) is 23.0. The van der Waals surface area contributed by atoms with E-state index in [1.165, 1.54) is 12.1 Å². The maximum Gasteiger partial charge on any atom is 0.488 e. The molecule has 1 aliphatic rings. The van der Waals surface area contributed by atoms with Crippen LogP contribution in [0.15, 0.2) is 60.7 Å². The van der Waals surface area contributed by atoms with E-state index in [0.717, 1.165) is 16.3 Å². The maximum absolute atomic E-state index is 12.6. The summed E-state index contributed by atoms with van der Waals surface area (Å²) in [5.41, 5.74) is 2.69. The predicted octanol–water partition coefficient (Wildman–Crippen LogP) is 1.98. The van der Waals surface area contributed by atoms with Gasteiger partial charge in [-0.3, -0.25) is 9.59 Å². The van der Waals surface area contributed by atoms with Crippen LogP contribution in [0.25, 0.3) is 16.8 Å². The van der Waals surface area contributed by atoms with Crippen molar-refractivity contribution < 1.29 is 19.6 Å². The third-order valence-electron chi connectivity index (χ3n) is 4.45. The van der Waals surface area contributed by atoms with Crippen molar-refractivity contribution in [2.75, 3.05) is 5.32 Å². The van der Waals surface area contributed by atoms with Crippen LogP contribution in [-0.2, 0) is 0 Å². The zero-order valence-electron chi connectivity index (χ0n) is 13.6. The quantitative estimate of drug-likeness (QED) is 0.635. The van der Waals surface area contributed by atoms with Gasteiger partial charge in [0, 0.05) is 27.6 Å². The van der Waals surface area contributed by atoms with Gasteiger partial charge in [0.05, 0.1) is 0 Å². The van der Waals surface area contributed by atoms with Crippen LogP contribution in [0.2, 0.25) is 0 Å². The molecule has 0 bridgehead atoms. The molecule has 1 amide bonds. The molecule has 0 atom stereocenters. The Labute approximate surface area is 149 Å². The molecule has 0 aliphatic heterocycles. The highest BCUT2D eigenvalue weighted by atomic mass is 16.4. The van der Waals surface area contributed by atoms with Crippen molar-refractivity contribution in [3.8, 4) is 0 Å². The molecule has 4 rings (SSSR count). The Morgan fingerprint density at radius 2 is 1.77 bits per heavy atom. The summed E-state index contributed by atoms with van der Waals surface area (Å²) in [6.45, 7) is 0. The van der Waals surface area contributed by atoms with E-state index in [1.807, 2.05) is 12.1 Å². The zero-order chi connectivity index (χ0) is 18.3. The molecule has 3 N–H and O–H groups in total. The van der Waals surface area contributed by atoms with Crippen molar-refractivity contribution in [1.82, 2.24) is 0 Å². The second-order valence-corrected chi connectivity index (χ2v) is 6.08. The number of allylic oxidation sites excluding steroid dienone is 1. The lowest BCUT2D eigenvalue weighted by Gasteiger charge is -2.15. The first-order valence-corrected chi connectivity index (χ1v) is 8.10. The van der Waals surface area contributed by atoms with Crippen LogP contribution >= 0.6 is 0 Å². The van der Waals surface area contributed by atoms with Crippen LogP contribution in [0.1, 0.15) is 26.3 Å². The van der Waals surface area contributed by atoms with Crippen molar-refractivity contribution in [2.45, 2.75) is 0 Å². The Balaban J connectivity index is 1.75. The summed E-state index contributed by atoms with van der Waals surface area (Å²) in [4.78, 5) is 24.7. The zero-order valence-corrected chi connectivity index (χ0v) is 13.6. The topological polar surface area (TPSA) is 86.6 Å². The van der Waals surface area contributed by atoms with Crippen molar-refractivity contribution in [1.29, 1.82) is 0 Å². The molecule has 3 aromatic rings. The maximum atomic E-state index is 12.6. The Hall–Kier alpha value is -3.22. The highest BCUT2D eigenvalue weighted by Gasteiger charge is 2.18. The Morgan fingerprint density at radius 1 is 0.962 bits per heavy atom. The Bertz CT molecular complexity index is 1090. The SMILES string of the molecule is O=C(Nc1ccc2c3c(cccc13)C(=O)C=C2)c1cccc(B(O)O)c1. The number of benzene rings is 3. The molecule has 0 saturated heterocycles. The molecule has 0 radical (unpaired) electrons. The monoisotopic (exact) mass is 343 g/mol. The summed E-state index contributed by atoms with van der Waals surface area (Å²) in [5.74, 6) is -0.429. The highest BCUT2D eigenvalue weighted by Crippen LogP contribution is 2.33. The predicted molar refractivity (Wildman–Crippen MR) is 102 cm³/mol. The van der Waals surface area contributed by atoms with E-state index in [2.05, 4.69) is 5.32 Å². The number of nitrogens with one attached hydrogen (secondary N) is 1. The number of hydrogen-bond acceptors (Lipinski definition) is 4. The molecule has 3 aromatic carbocycles. The smallest absolute Gasteiger partial charge is 0.423 e. The average molecular weight is 343 g/mol. The normalized spacial score (nSPS) is 12.3. The number of ketones is 1. The average Bonchev–Trinajstić information content (AvgIpc) is 2.66. The second-order valence-electron chi connectivity index (χ2n) is 6.08. The number of amides is 1. The van der Waals surface area contributed by atoms with Crippen molar-refractivity contribution in [3.63, 3.8) is 0 Å². The first kappa shape index (κ1) is 16.3. The van der Waals surface area contributed by atoms with E-state index in [-0.39, 0.29) is 17.2 Å². The number of carbonyl (C=O) groups is 2. The van der Waals surface area contributed by atoms with Crippen molar-refractivity contribution >= 4 is 46.8 Å². The highest BCUT2D eigenvalue weighted by molar-refractivity contribution is 6.58. The first-order valence-electron chi connectivity index (χ1n) is 8.10. The van der Waals surface area contributed by atoms with E-state index >= 15 is 0 Å². The molecule has 1 aliphatic carbocycles. The van der Waals surface area contributed by atoms with Crippen LogP contribution in [0, 0.1) is 0 Å². The van der Waals surface area contributed by atoms with E-state index < -0.39 is 7.12 Å². The molecule has 126 valence electrons. The second kappa shape index (κ2) is 6.26. The Kier molecular flexibility index (Phi) is 3.91. The van der Waals surface area contributed by atoms with Gasteiger partial charge in [0.1, 0.15) is 0 Å². The summed E-state index contributed by atoms with van der Waals surface area (Å²) >= 11 is 0. The van der Waals surface area contributed by atoms with Gasteiger partial charge in [-0.25, -0.2) is 0 Å². The van der Waals surface area contributed by atoms with E-state index in [4.69, 9.17) is 0 Å². The van der Waals surface area contributed by atoms with Crippen molar-refractivity contribution in [3.05, 3.63) is 77.4 Å². The lowest BCUT2D eigenvalue weighted by molar-refractivity contribution is 0.102. The molecule has 0 aromatic heterocycles. The fourth-order valence-electron chi connectivity index (χ4n) is 3.18. The largest absolute Gasteiger partial charge is 0.488 e. The van der Waals surface area contributed by atoms with Crippen LogP contribution in [0.4, 0.5) is 5.69 Å². The molecule has 6 heteroatoms. The molecule has 0 spiro atoms. The van der Waals surface area contributed by atoms with E-state index in [1.54, 1.807) is 42.5 Å². The third kappa shape index (κ3) is 2.71. The first-order chi connectivity index (χ1) is 12.5. The molecule has 0 unspecified atom stereocenters. The minimum Gasteiger partial charge on any atom is -0.423 e. The van der Waals surface area contributed by atoms with Gasteiger partial charge in [-0.05, 0) is 35.3 Å². The number of rotatable bonds is 3. The molecule has 5 nitrogen and oxygen atoms in total. The molecule has 0 fully saturated rings. The lowest BCUT2D eigenvalue weighted by Crippen LogP contribution is -2.30. The van der Waals surface area contributed by atoms with E-state index in [0.29, 0.717) is 16.8 Å². The van der Waals surface area contributed by atoms with E-state index in [9.17, 15) is 19.6 Å². The van der Waals surface area contributed by atoms with Gasteiger partial charge in [-0.1, -0.05) is 42.5 Å². The van der Waals surface area contributed by atoms with Crippen LogP contribution in [-0.4, -0.2) is 28.9 Å². The fraction of sp³-hybridized carbons (Fsp3) is 0. The van der Waals surface area contributed by atoms with Crippen molar-refractivity contribution in [2.24, 2.45) is 0 Å². The number of hydrogen-bond donors (Lipinski definition) is 3. The minimum atomic E-state index is -1.64. The molecule has 26 heavy (non-hydrogen) atoms. The number of carbonyl (C=O) groups excluding carboxylic acids is 2. The molecule has 0 heterocycles. The van der Waals surface area contributed by atoms with Gasteiger partial charge in [0.2, 0.25) is 0 Å². The fourth-order valence-corrected chi connectivity index (χ4v) is 3.18.